The monoisotopic (exact) mass is 345 g/mol. The lowest BCUT2D eigenvalue weighted by Gasteiger charge is -2.06. The van der Waals surface area contributed by atoms with Gasteiger partial charge in [0.25, 0.3) is 0 Å². The lowest BCUT2D eigenvalue weighted by atomic mass is 10.4. The van der Waals surface area contributed by atoms with Crippen LogP contribution in [0, 0.1) is 0 Å². The second kappa shape index (κ2) is 8.14. The molecule has 0 unspecified atom stereocenters. The first-order chi connectivity index (χ1) is 9.76. The molecule has 0 saturated carbocycles. The number of halogens is 3. The first-order valence-electron chi connectivity index (χ1n) is 5.39. The van der Waals surface area contributed by atoms with Gasteiger partial charge in [-0.15, -0.1) is 10.2 Å². The molecular weight excluding hydrogens is 335 g/mol. The van der Waals surface area contributed by atoms with Gasteiger partial charge in [0.1, 0.15) is 6.61 Å². The summed E-state index contributed by atoms with van der Waals surface area (Å²) in [5, 5.41) is 18.2. The van der Waals surface area contributed by atoms with Gasteiger partial charge in [0.2, 0.25) is 11.0 Å². The van der Waals surface area contributed by atoms with Gasteiger partial charge in [-0.25, -0.2) is 0 Å². The van der Waals surface area contributed by atoms with Gasteiger partial charge in [-0.05, 0) is 0 Å². The van der Waals surface area contributed by atoms with E-state index in [0.717, 1.165) is 23.1 Å². The average molecular weight is 345 g/mol. The molecule has 0 aliphatic heterocycles. The Morgan fingerprint density at radius 1 is 1.38 bits per heavy atom. The predicted octanol–water partition coefficient (Wildman–Crippen LogP) is 1.62. The fourth-order valence-electron chi connectivity index (χ4n) is 0.977. The number of hydrogen-bond donors (Lipinski definition) is 2. The molecule has 0 radical (unpaired) electrons. The summed E-state index contributed by atoms with van der Waals surface area (Å²) < 4.78 is 40.0. The van der Waals surface area contributed by atoms with Crippen molar-refractivity contribution in [3.8, 4) is 0 Å². The third kappa shape index (κ3) is 8.47. The van der Waals surface area contributed by atoms with Crippen LogP contribution in [0.15, 0.2) is 4.34 Å². The summed E-state index contributed by atoms with van der Waals surface area (Å²) in [6, 6.07) is 0. The smallest absolute Gasteiger partial charge is 0.411 e. The number of amides is 1. The Bertz CT molecular complexity index is 495. The predicted molar refractivity (Wildman–Crippen MR) is 68.4 cm³/mol. The zero-order valence-electron chi connectivity index (χ0n) is 10.3. The van der Waals surface area contributed by atoms with Crippen molar-refractivity contribution in [1.29, 1.82) is 0 Å². The summed E-state index contributed by atoms with van der Waals surface area (Å²) >= 11 is 1.92. The number of carbonyl (C=O) groups excluding carboxylic acids is 1. The molecule has 118 valence electrons. The molecule has 0 aliphatic carbocycles. The fourth-order valence-corrected chi connectivity index (χ4v) is 2.46. The zero-order chi connectivity index (χ0) is 15.9. The number of hydrogen-bond acceptors (Lipinski definition) is 7. The van der Waals surface area contributed by atoms with E-state index in [-0.39, 0.29) is 23.9 Å². The van der Waals surface area contributed by atoms with Crippen molar-refractivity contribution >= 4 is 40.1 Å². The van der Waals surface area contributed by atoms with Gasteiger partial charge in [-0.1, -0.05) is 23.1 Å². The molecule has 0 spiro atoms. The second-order valence-electron chi connectivity index (χ2n) is 3.52. The van der Waals surface area contributed by atoms with Crippen molar-refractivity contribution in [2.75, 3.05) is 24.3 Å². The molecular formula is C9H10F3N3O4S2. The van der Waals surface area contributed by atoms with Crippen LogP contribution >= 0.6 is 23.1 Å². The summed E-state index contributed by atoms with van der Waals surface area (Å²) in [6.45, 7) is -1.78. The minimum absolute atomic E-state index is 0.142. The van der Waals surface area contributed by atoms with E-state index >= 15 is 0 Å². The van der Waals surface area contributed by atoms with Gasteiger partial charge in [0.15, 0.2) is 4.34 Å². The van der Waals surface area contributed by atoms with Crippen molar-refractivity contribution in [2.45, 2.75) is 16.9 Å². The van der Waals surface area contributed by atoms with Crippen LogP contribution in [0.4, 0.5) is 18.3 Å². The second-order valence-corrected chi connectivity index (χ2v) is 5.72. The lowest BCUT2D eigenvalue weighted by molar-refractivity contribution is -0.174. The number of anilines is 1. The number of carboxylic acid groups (broad SMARTS) is 1. The van der Waals surface area contributed by atoms with Crippen molar-refractivity contribution in [2.24, 2.45) is 0 Å². The Morgan fingerprint density at radius 2 is 2.10 bits per heavy atom. The standard InChI is InChI=1S/C9H10F3N3O4S2/c10-9(11,12)4-19-2-1-5(16)13-7-14-15-8(21-7)20-3-6(17)18/h1-4H2,(H,17,18)(H,13,14,16). The van der Waals surface area contributed by atoms with Crippen LogP contribution in [0.5, 0.6) is 0 Å². The Balaban J connectivity index is 2.26. The van der Waals surface area contributed by atoms with Crippen LogP contribution in [-0.4, -0.2) is 52.3 Å². The number of thioether (sulfide) groups is 1. The number of carboxylic acids is 1. The molecule has 0 aromatic carbocycles. The van der Waals surface area contributed by atoms with E-state index < -0.39 is 24.7 Å². The van der Waals surface area contributed by atoms with E-state index in [2.05, 4.69) is 20.3 Å². The maximum atomic E-state index is 11.8. The quantitative estimate of drug-likeness (QED) is 0.419. The number of aliphatic carboxylic acids is 1. The average Bonchev–Trinajstić information content (AvgIpc) is 2.78. The lowest BCUT2D eigenvalue weighted by Crippen LogP contribution is -2.20. The van der Waals surface area contributed by atoms with Crippen molar-refractivity contribution in [3.63, 3.8) is 0 Å². The summed E-state index contributed by atoms with van der Waals surface area (Å²) in [6.07, 6.45) is -4.68. The molecule has 12 heteroatoms. The van der Waals surface area contributed by atoms with Gasteiger partial charge in [-0.3, -0.25) is 9.59 Å². The number of alkyl halides is 3. The molecule has 1 heterocycles. The number of ether oxygens (including phenoxy) is 1. The molecule has 0 saturated heterocycles. The van der Waals surface area contributed by atoms with Gasteiger partial charge in [0.05, 0.1) is 18.8 Å². The number of rotatable bonds is 8. The number of aromatic nitrogens is 2. The normalized spacial score (nSPS) is 11.4. The highest BCUT2D eigenvalue weighted by Gasteiger charge is 2.27. The van der Waals surface area contributed by atoms with Gasteiger partial charge >= 0.3 is 12.1 Å². The fraction of sp³-hybridized carbons (Fsp3) is 0.556. The Kier molecular flexibility index (Phi) is 6.84. The van der Waals surface area contributed by atoms with Crippen LogP contribution in [0.3, 0.4) is 0 Å². The Morgan fingerprint density at radius 3 is 2.71 bits per heavy atom. The largest absolute Gasteiger partial charge is 0.481 e. The SMILES string of the molecule is O=C(O)CSc1nnc(NC(=O)CCOCC(F)(F)F)s1. The Labute approximate surface area is 124 Å². The van der Waals surface area contributed by atoms with Gasteiger partial charge < -0.3 is 15.2 Å². The maximum absolute atomic E-state index is 11.8. The molecule has 1 aromatic heterocycles. The highest BCUT2D eigenvalue weighted by atomic mass is 32.2. The molecule has 0 fully saturated rings. The topological polar surface area (TPSA) is 101 Å². The summed E-state index contributed by atoms with van der Waals surface area (Å²) in [5.41, 5.74) is 0. The Hall–Kier alpha value is -1.40. The van der Waals surface area contributed by atoms with Gasteiger partial charge in [-0.2, -0.15) is 13.2 Å². The third-order valence-electron chi connectivity index (χ3n) is 1.71. The van der Waals surface area contributed by atoms with Crippen LogP contribution < -0.4 is 5.32 Å². The van der Waals surface area contributed by atoms with E-state index in [1.54, 1.807) is 0 Å². The number of nitrogens with zero attached hydrogens (tertiary/aromatic N) is 2. The molecule has 0 aliphatic rings. The van der Waals surface area contributed by atoms with E-state index in [9.17, 15) is 22.8 Å². The summed E-state index contributed by atoms with van der Waals surface area (Å²) in [4.78, 5) is 21.7. The molecule has 21 heavy (non-hydrogen) atoms. The van der Waals surface area contributed by atoms with Gasteiger partial charge in [0, 0.05) is 0 Å². The van der Waals surface area contributed by atoms with Crippen LogP contribution in [0.1, 0.15) is 6.42 Å². The van der Waals surface area contributed by atoms with Crippen molar-refractivity contribution in [1.82, 2.24) is 10.2 Å². The van der Waals surface area contributed by atoms with E-state index in [1.807, 2.05) is 0 Å². The van der Waals surface area contributed by atoms with E-state index in [4.69, 9.17) is 5.11 Å². The molecule has 7 nitrogen and oxygen atoms in total. The molecule has 1 amide bonds. The van der Waals surface area contributed by atoms with E-state index in [0.29, 0.717) is 4.34 Å². The minimum atomic E-state index is -4.42. The molecule has 0 atom stereocenters. The highest BCUT2D eigenvalue weighted by Crippen LogP contribution is 2.25. The highest BCUT2D eigenvalue weighted by molar-refractivity contribution is 8.01. The molecule has 0 bridgehead atoms. The van der Waals surface area contributed by atoms with Crippen molar-refractivity contribution in [3.05, 3.63) is 0 Å². The van der Waals surface area contributed by atoms with Crippen LogP contribution in [0.2, 0.25) is 0 Å². The summed E-state index contributed by atoms with van der Waals surface area (Å²) in [7, 11) is 0. The van der Waals surface area contributed by atoms with Crippen molar-refractivity contribution < 1.29 is 32.6 Å². The molecule has 2 N–H and O–H groups in total. The number of carbonyl (C=O) groups is 2. The van der Waals surface area contributed by atoms with Crippen LogP contribution in [-0.2, 0) is 14.3 Å². The minimum Gasteiger partial charge on any atom is -0.481 e. The summed E-state index contributed by atoms with van der Waals surface area (Å²) in [5.74, 6) is -1.76. The first kappa shape index (κ1) is 17.7. The maximum Gasteiger partial charge on any atom is 0.411 e. The van der Waals surface area contributed by atoms with Crippen LogP contribution in [0.25, 0.3) is 0 Å². The van der Waals surface area contributed by atoms with E-state index in [1.165, 1.54) is 0 Å². The molecule has 1 aromatic rings. The first-order valence-corrected chi connectivity index (χ1v) is 7.19. The molecule has 1 rings (SSSR count). The zero-order valence-corrected chi connectivity index (χ0v) is 12.0. The number of nitrogens with one attached hydrogen (secondary N) is 1. The third-order valence-corrected chi connectivity index (χ3v) is 3.67.